The summed E-state index contributed by atoms with van der Waals surface area (Å²) in [4.78, 5) is 30.1. The molecule has 0 saturated carbocycles. The summed E-state index contributed by atoms with van der Waals surface area (Å²) in [5, 5.41) is 4.97. The van der Waals surface area contributed by atoms with E-state index in [4.69, 9.17) is 0 Å². The molecule has 126 valence electrons. The number of hydrogen-bond donors (Lipinski definition) is 1. The Morgan fingerprint density at radius 2 is 2.21 bits per heavy atom. The minimum atomic E-state index is -0.346. The number of thiazole rings is 1. The van der Waals surface area contributed by atoms with Crippen molar-refractivity contribution in [1.29, 1.82) is 0 Å². The van der Waals surface area contributed by atoms with Crippen molar-refractivity contribution in [2.45, 2.75) is 26.7 Å². The van der Waals surface area contributed by atoms with Gasteiger partial charge in [-0.1, -0.05) is 19.9 Å². The maximum absolute atomic E-state index is 13.4. The first kappa shape index (κ1) is 16.6. The Kier molecular flexibility index (Phi) is 4.62. The van der Waals surface area contributed by atoms with Crippen LogP contribution in [0.2, 0.25) is 0 Å². The molecule has 1 aliphatic rings. The monoisotopic (exact) mass is 347 g/mol. The second kappa shape index (κ2) is 6.68. The van der Waals surface area contributed by atoms with Crippen LogP contribution in [-0.4, -0.2) is 23.3 Å². The van der Waals surface area contributed by atoms with Gasteiger partial charge in [-0.15, -0.1) is 11.3 Å². The Labute approximate surface area is 143 Å². The summed E-state index contributed by atoms with van der Waals surface area (Å²) >= 11 is 1.29. The number of nitrogens with zero attached hydrogens (tertiary/aromatic N) is 2. The molecule has 0 spiro atoms. The fraction of sp³-hybridized carbons (Fsp3) is 0.353. The van der Waals surface area contributed by atoms with Crippen LogP contribution >= 0.6 is 11.3 Å². The van der Waals surface area contributed by atoms with E-state index in [1.54, 1.807) is 30.2 Å². The van der Waals surface area contributed by atoms with Gasteiger partial charge in [0, 0.05) is 23.5 Å². The molecule has 3 rings (SSSR count). The molecule has 1 aromatic carbocycles. The highest BCUT2D eigenvalue weighted by Gasteiger charge is 2.25. The fourth-order valence-electron chi connectivity index (χ4n) is 2.56. The van der Waals surface area contributed by atoms with Crippen LogP contribution in [0.3, 0.4) is 0 Å². The minimum Gasteiger partial charge on any atom is -0.311 e. The van der Waals surface area contributed by atoms with Gasteiger partial charge in [0.2, 0.25) is 11.8 Å². The Balaban J connectivity index is 1.68. The smallest absolute Gasteiger partial charge is 0.233 e. The predicted molar refractivity (Wildman–Crippen MR) is 91.7 cm³/mol. The molecule has 2 amide bonds. The number of amides is 2. The van der Waals surface area contributed by atoms with Gasteiger partial charge >= 0.3 is 0 Å². The molecular weight excluding hydrogens is 329 g/mol. The highest BCUT2D eigenvalue weighted by Crippen LogP contribution is 2.29. The Bertz CT molecular complexity index is 788. The number of rotatable bonds is 4. The number of hydrogen-bond acceptors (Lipinski definition) is 4. The molecule has 2 heterocycles. The molecule has 2 aromatic rings. The summed E-state index contributed by atoms with van der Waals surface area (Å²) in [7, 11) is 0. The topological polar surface area (TPSA) is 62.3 Å². The lowest BCUT2D eigenvalue weighted by Gasteiger charge is -2.16. The number of benzene rings is 1. The van der Waals surface area contributed by atoms with E-state index in [0.717, 1.165) is 12.0 Å². The summed E-state index contributed by atoms with van der Waals surface area (Å²) in [6, 6.07) is 4.53. The first-order valence-electron chi connectivity index (χ1n) is 7.78. The van der Waals surface area contributed by atoms with Gasteiger partial charge < -0.3 is 10.2 Å². The van der Waals surface area contributed by atoms with Crippen LogP contribution in [-0.2, 0) is 22.4 Å². The minimum absolute atomic E-state index is 0.105. The van der Waals surface area contributed by atoms with Gasteiger partial charge in [0.15, 0.2) is 5.13 Å². The fourth-order valence-corrected chi connectivity index (χ4v) is 3.27. The van der Waals surface area contributed by atoms with Crippen molar-refractivity contribution in [3.05, 3.63) is 40.7 Å². The second-order valence-corrected chi connectivity index (χ2v) is 6.89. The van der Waals surface area contributed by atoms with Crippen molar-refractivity contribution >= 4 is 34.0 Å². The van der Waals surface area contributed by atoms with Crippen molar-refractivity contribution < 1.29 is 14.0 Å². The zero-order chi connectivity index (χ0) is 17.3. The van der Waals surface area contributed by atoms with Crippen molar-refractivity contribution in [3.8, 4) is 0 Å². The zero-order valence-electron chi connectivity index (χ0n) is 13.5. The van der Waals surface area contributed by atoms with E-state index in [1.807, 2.05) is 0 Å². The van der Waals surface area contributed by atoms with E-state index in [1.165, 1.54) is 23.5 Å². The van der Waals surface area contributed by atoms with Crippen LogP contribution < -0.4 is 10.2 Å². The summed E-state index contributed by atoms with van der Waals surface area (Å²) in [6.07, 6.45) is 0.859. The number of aromatic nitrogens is 1. The van der Waals surface area contributed by atoms with Crippen molar-refractivity contribution in [3.63, 3.8) is 0 Å². The lowest BCUT2D eigenvalue weighted by atomic mass is 10.1. The lowest BCUT2D eigenvalue weighted by Crippen LogP contribution is -2.30. The molecule has 1 N–H and O–H groups in total. The van der Waals surface area contributed by atoms with Crippen LogP contribution in [0.15, 0.2) is 23.6 Å². The number of halogens is 1. The molecule has 0 bridgehead atoms. The molecule has 7 heteroatoms. The van der Waals surface area contributed by atoms with Crippen LogP contribution in [0, 0.1) is 11.7 Å². The molecule has 1 aromatic heterocycles. The first-order valence-corrected chi connectivity index (χ1v) is 8.66. The van der Waals surface area contributed by atoms with Gasteiger partial charge in [-0.25, -0.2) is 9.37 Å². The summed E-state index contributed by atoms with van der Waals surface area (Å²) in [5.41, 5.74) is 2.23. The zero-order valence-corrected chi connectivity index (χ0v) is 14.3. The van der Waals surface area contributed by atoms with E-state index < -0.39 is 0 Å². The van der Waals surface area contributed by atoms with E-state index in [0.29, 0.717) is 23.1 Å². The van der Waals surface area contributed by atoms with Crippen molar-refractivity contribution in [2.75, 3.05) is 16.8 Å². The maximum atomic E-state index is 13.4. The SMILES string of the molecule is CC(C)C(=O)Nc1nc(CC(=O)N2CCc3ccc(F)cc32)cs1. The van der Waals surface area contributed by atoms with E-state index in [-0.39, 0.29) is 30.0 Å². The highest BCUT2D eigenvalue weighted by molar-refractivity contribution is 7.13. The summed E-state index contributed by atoms with van der Waals surface area (Å²) in [6.45, 7) is 4.16. The third-order valence-corrected chi connectivity index (χ3v) is 4.69. The average molecular weight is 347 g/mol. The summed E-state index contributed by atoms with van der Waals surface area (Å²) < 4.78 is 13.4. The van der Waals surface area contributed by atoms with Gasteiger partial charge in [-0.3, -0.25) is 9.59 Å². The van der Waals surface area contributed by atoms with Crippen LogP contribution in [0.25, 0.3) is 0 Å². The third-order valence-electron chi connectivity index (χ3n) is 3.88. The molecule has 0 atom stereocenters. The van der Waals surface area contributed by atoms with Crippen molar-refractivity contribution in [1.82, 2.24) is 4.98 Å². The molecule has 0 unspecified atom stereocenters. The maximum Gasteiger partial charge on any atom is 0.233 e. The van der Waals surface area contributed by atoms with E-state index in [2.05, 4.69) is 10.3 Å². The van der Waals surface area contributed by atoms with Crippen LogP contribution in [0.4, 0.5) is 15.2 Å². The molecule has 5 nitrogen and oxygen atoms in total. The number of fused-ring (bicyclic) bond motifs is 1. The Morgan fingerprint density at radius 3 is 2.96 bits per heavy atom. The molecular formula is C17H18FN3O2S. The van der Waals surface area contributed by atoms with Gasteiger partial charge in [0.1, 0.15) is 5.82 Å². The lowest BCUT2D eigenvalue weighted by molar-refractivity contribution is -0.119. The molecule has 0 fully saturated rings. The largest absolute Gasteiger partial charge is 0.311 e. The van der Waals surface area contributed by atoms with E-state index in [9.17, 15) is 14.0 Å². The summed E-state index contributed by atoms with van der Waals surface area (Å²) in [5.74, 6) is -0.701. The first-order chi connectivity index (χ1) is 11.4. The molecule has 0 saturated heterocycles. The van der Waals surface area contributed by atoms with Gasteiger partial charge in [0.05, 0.1) is 12.1 Å². The number of carbonyl (C=O) groups excluding carboxylic acids is 2. The van der Waals surface area contributed by atoms with Gasteiger partial charge in [-0.2, -0.15) is 0 Å². The molecule has 0 aliphatic carbocycles. The van der Waals surface area contributed by atoms with E-state index >= 15 is 0 Å². The Hall–Kier alpha value is -2.28. The van der Waals surface area contributed by atoms with Gasteiger partial charge in [0.25, 0.3) is 0 Å². The van der Waals surface area contributed by atoms with Crippen molar-refractivity contribution in [2.24, 2.45) is 5.92 Å². The number of carbonyl (C=O) groups is 2. The van der Waals surface area contributed by atoms with Gasteiger partial charge in [-0.05, 0) is 24.1 Å². The average Bonchev–Trinajstić information content (AvgIpc) is 3.13. The highest BCUT2D eigenvalue weighted by atomic mass is 32.1. The molecule has 1 aliphatic heterocycles. The standard InChI is InChI=1S/C17H18FN3O2S/c1-10(2)16(23)20-17-19-13(9-24-17)8-15(22)21-6-5-11-3-4-12(18)7-14(11)21/h3-4,7,9-10H,5-6,8H2,1-2H3,(H,19,20,23). The van der Waals surface area contributed by atoms with Crippen LogP contribution in [0.1, 0.15) is 25.1 Å². The third kappa shape index (κ3) is 3.46. The van der Waals surface area contributed by atoms with Crippen LogP contribution in [0.5, 0.6) is 0 Å². The normalized spacial score (nSPS) is 13.2. The predicted octanol–water partition coefficient (Wildman–Crippen LogP) is 3.01. The number of nitrogens with one attached hydrogen (secondary N) is 1. The number of anilines is 2. The molecule has 0 radical (unpaired) electrons. The second-order valence-electron chi connectivity index (χ2n) is 6.03. The molecule has 24 heavy (non-hydrogen) atoms. The quantitative estimate of drug-likeness (QED) is 0.925. The Morgan fingerprint density at radius 1 is 1.42 bits per heavy atom.